The smallest absolute Gasteiger partial charge is 0.183 e. The van der Waals surface area contributed by atoms with Crippen LogP contribution < -0.4 is 10.5 Å². The number of hydrogen-bond donors (Lipinski definition) is 1. The van der Waals surface area contributed by atoms with Gasteiger partial charge in [-0.3, -0.25) is 4.79 Å². The summed E-state index contributed by atoms with van der Waals surface area (Å²) in [6.07, 6.45) is 0. The summed E-state index contributed by atoms with van der Waals surface area (Å²) < 4.78 is 5.27. The molecule has 0 spiro atoms. The van der Waals surface area contributed by atoms with Crippen LogP contribution in [-0.2, 0) is 4.79 Å². The van der Waals surface area contributed by atoms with E-state index >= 15 is 0 Å². The molecule has 124 valence electrons. The standard InChI is InChI=1S/C21H17NO2S/c1-24-15-9-4-8-14(12-15)18-19(23)20(25-21(18)22)17-11-5-7-13-6-2-3-10-16(13)17/h2-12,20H,22H2,1H3. The molecule has 0 aliphatic carbocycles. The van der Waals surface area contributed by atoms with Crippen LogP contribution >= 0.6 is 11.8 Å². The highest BCUT2D eigenvalue weighted by Gasteiger charge is 2.35. The van der Waals surface area contributed by atoms with Crippen LogP contribution in [0.4, 0.5) is 0 Å². The minimum atomic E-state index is -0.313. The van der Waals surface area contributed by atoms with Gasteiger partial charge in [-0.1, -0.05) is 66.4 Å². The molecular weight excluding hydrogens is 330 g/mol. The molecule has 4 rings (SSSR count). The number of hydrogen-bond acceptors (Lipinski definition) is 4. The van der Waals surface area contributed by atoms with Crippen molar-refractivity contribution in [1.29, 1.82) is 0 Å². The first-order chi connectivity index (χ1) is 12.2. The van der Waals surface area contributed by atoms with E-state index < -0.39 is 0 Å². The highest BCUT2D eigenvalue weighted by Crippen LogP contribution is 2.48. The number of Topliss-reactive ketones (excluding diaryl/α,β-unsaturated/α-hetero) is 1. The molecular formula is C21H17NO2S. The largest absolute Gasteiger partial charge is 0.497 e. The molecule has 0 aromatic heterocycles. The van der Waals surface area contributed by atoms with E-state index in [1.54, 1.807) is 7.11 Å². The Bertz CT molecular complexity index is 1000. The molecule has 1 atom stereocenters. The maximum atomic E-state index is 13.2. The number of methoxy groups -OCH3 is 1. The van der Waals surface area contributed by atoms with Gasteiger partial charge in [-0.2, -0.15) is 0 Å². The van der Waals surface area contributed by atoms with Crippen LogP contribution in [-0.4, -0.2) is 12.9 Å². The Balaban J connectivity index is 1.77. The molecule has 4 heteroatoms. The van der Waals surface area contributed by atoms with Crippen LogP contribution in [0, 0.1) is 0 Å². The monoisotopic (exact) mass is 347 g/mol. The van der Waals surface area contributed by atoms with E-state index in [1.807, 2.05) is 48.5 Å². The lowest BCUT2D eigenvalue weighted by Gasteiger charge is -2.12. The average molecular weight is 347 g/mol. The van der Waals surface area contributed by atoms with Gasteiger partial charge in [0.05, 0.1) is 23.0 Å². The Labute approximate surface area is 150 Å². The van der Waals surface area contributed by atoms with Gasteiger partial charge in [0.1, 0.15) is 5.75 Å². The highest BCUT2D eigenvalue weighted by molar-refractivity contribution is 8.04. The molecule has 1 unspecified atom stereocenters. The van der Waals surface area contributed by atoms with Crippen molar-refractivity contribution in [2.24, 2.45) is 5.73 Å². The second-order valence-corrected chi connectivity index (χ2v) is 7.05. The number of benzene rings is 3. The molecule has 0 fully saturated rings. The summed E-state index contributed by atoms with van der Waals surface area (Å²) in [6, 6.07) is 21.7. The second kappa shape index (κ2) is 6.30. The minimum absolute atomic E-state index is 0.0482. The third-order valence-corrected chi connectivity index (χ3v) is 5.60. The van der Waals surface area contributed by atoms with Crippen LogP contribution in [0.2, 0.25) is 0 Å². The molecule has 1 aliphatic heterocycles. The quantitative estimate of drug-likeness (QED) is 0.756. The van der Waals surface area contributed by atoms with E-state index in [9.17, 15) is 4.79 Å². The summed E-state index contributed by atoms with van der Waals surface area (Å²) in [5.41, 5.74) is 8.64. The van der Waals surface area contributed by atoms with E-state index in [2.05, 4.69) is 18.2 Å². The molecule has 0 amide bonds. The van der Waals surface area contributed by atoms with Crippen LogP contribution in [0.1, 0.15) is 16.4 Å². The van der Waals surface area contributed by atoms with Gasteiger partial charge in [0.2, 0.25) is 0 Å². The number of nitrogens with two attached hydrogens (primary N) is 1. The summed E-state index contributed by atoms with van der Waals surface area (Å²) in [5, 5.41) is 2.47. The summed E-state index contributed by atoms with van der Waals surface area (Å²) in [5.74, 6) is 0.760. The summed E-state index contributed by atoms with van der Waals surface area (Å²) in [6.45, 7) is 0. The molecule has 0 bridgehead atoms. The topological polar surface area (TPSA) is 52.3 Å². The third kappa shape index (κ3) is 2.68. The van der Waals surface area contributed by atoms with Crippen LogP contribution in [0.5, 0.6) is 5.75 Å². The molecule has 1 heterocycles. The number of allylic oxidation sites excluding steroid dienone is 1. The zero-order chi connectivity index (χ0) is 17.4. The molecule has 25 heavy (non-hydrogen) atoms. The fourth-order valence-electron chi connectivity index (χ4n) is 3.24. The normalized spacial score (nSPS) is 17.3. The number of carbonyl (C=O) groups is 1. The van der Waals surface area contributed by atoms with Crippen LogP contribution in [0.3, 0.4) is 0 Å². The van der Waals surface area contributed by atoms with Crippen molar-refractivity contribution >= 4 is 33.9 Å². The summed E-state index contributed by atoms with van der Waals surface area (Å²) >= 11 is 1.43. The molecule has 0 radical (unpaired) electrons. The minimum Gasteiger partial charge on any atom is -0.497 e. The van der Waals surface area contributed by atoms with E-state index in [-0.39, 0.29) is 11.0 Å². The van der Waals surface area contributed by atoms with E-state index in [0.717, 1.165) is 21.9 Å². The second-order valence-electron chi connectivity index (χ2n) is 5.90. The number of ketones is 1. The predicted molar refractivity (Wildman–Crippen MR) is 103 cm³/mol. The number of ether oxygens (including phenoxy) is 1. The first kappa shape index (κ1) is 15.8. The number of carbonyl (C=O) groups excluding carboxylic acids is 1. The Morgan fingerprint density at radius 3 is 2.60 bits per heavy atom. The van der Waals surface area contributed by atoms with Crippen molar-refractivity contribution in [3.05, 3.63) is 82.9 Å². The fraction of sp³-hybridized carbons (Fsp3) is 0.0952. The lowest BCUT2D eigenvalue weighted by atomic mass is 9.94. The Kier molecular flexibility index (Phi) is 3.98. The first-order valence-electron chi connectivity index (χ1n) is 8.02. The zero-order valence-electron chi connectivity index (χ0n) is 13.7. The van der Waals surface area contributed by atoms with Crippen molar-refractivity contribution in [2.45, 2.75) is 5.25 Å². The Hall–Kier alpha value is -2.72. The average Bonchev–Trinajstić information content (AvgIpc) is 2.95. The van der Waals surface area contributed by atoms with Crippen molar-refractivity contribution in [1.82, 2.24) is 0 Å². The van der Waals surface area contributed by atoms with Gasteiger partial charge in [0, 0.05) is 0 Å². The molecule has 3 nitrogen and oxygen atoms in total. The van der Waals surface area contributed by atoms with Gasteiger partial charge >= 0.3 is 0 Å². The van der Waals surface area contributed by atoms with Gasteiger partial charge < -0.3 is 10.5 Å². The Morgan fingerprint density at radius 2 is 1.76 bits per heavy atom. The maximum absolute atomic E-state index is 13.2. The lowest BCUT2D eigenvalue weighted by molar-refractivity contribution is -0.113. The maximum Gasteiger partial charge on any atom is 0.183 e. The van der Waals surface area contributed by atoms with Crippen LogP contribution in [0.25, 0.3) is 16.3 Å². The zero-order valence-corrected chi connectivity index (χ0v) is 14.5. The molecule has 0 saturated carbocycles. The fourth-order valence-corrected chi connectivity index (χ4v) is 4.39. The van der Waals surface area contributed by atoms with Crippen molar-refractivity contribution in [3.8, 4) is 5.75 Å². The van der Waals surface area contributed by atoms with Gasteiger partial charge in [-0.15, -0.1) is 0 Å². The third-order valence-electron chi connectivity index (χ3n) is 4.44. The van der Waals surface area contributed by atoms with E-state index in [4.69, 9.17) is 10.5 Å². The molecule has 3 aromatic carbocycles. The molecule has 1 aliphatic rings. The number of rotatable bonds is 3. The van der Waals surface area contributed by atoms with Gasteiger partial charge in [0.25, 0.3) is 0 Å². The molecule has 2 N–H and O–H groups in total. The molecule has 3 aromatic rings. The van der Waals surface area contributed by atoms with Gasteiger partial charge in [-0.05, 0) is 34.0 Å². The van der Waals surface area contributed by atoms with Crippen LogP contribution in [0.15, 0.2) is 71.8 Å². The summed E-state index contributed by atoms with van der Waals surface area (Å²) in [4.78, 5) is 13.2. The summed E-state index contributed by atoms with van der Waals surface area (Å²) in [7, 11) is 1.61. The highest BCUT2D eigenvalue weighted by atomic mass is 32.2. The van der Waals surface area contributed by atoms with Gasteiger partial charge in [-0.25, -0.2) is 0 Å². The Morgan fingerprint density at radius 1 is 1.00 bits per heavy atom. The van der Waals surface area contributed by atoms with E-state index in [0.29, 0.717) is 16.4 Å². The lowest BCUT2D eigenvalue weighted by Crippen LogP contribution is -2.07. The van der Waals surface area contributed by atoms with Crippen molar-refractivity contribution in [2.75, 3.05) is 7.11 Å². The predicted octanol–water partition coefficient (Wildman–Crippen LogP) is 4.53. The van der Waals surface area contributed by atoms with Crippen molar-refractivity contribution < 1.29 is 9.53 Å². The number of fused-ring (bicyclic) bond motifs is 1. The first-order valence-corrected chi connectivity index (χ1v) is 8.89. The van der Waals surface area contributed by atoms with Crippen molar-refractivity contribution in [3.63, 3.8) is 0 Å². The molecule has 0 saturated heterocycles. The SMILES string of the molecule is COc1cccc(C2=C(N)SC(c3cccc4ccccc34)C2=O)c1. The van der Waals surface area contributed by atoms with E-state index in [1.165, 1.54) is 11.8 Å². The van der Waals surface area contributed by atoms with Gasteiger partial charge in [0.15, 0.2) is 5.78 Å². The number of thioether (sulfide) groups is 1.